The predicted octanol–water partition coefficient (Wildman–Crippen LogP) is 3.45. The smallest absolute Gasteiger partial charge is 0.156 e. The molecule has 6 nitrogen and oxygen atoms in total. The molecule has 0 amide bonds. The van der Waals surface area contributed by atoms with Crippen molar-refractivity contribution in [2.24, 2.45) is 5.73 Å². The van der Waals surface area contributed by atoms with Crippen LogP contribution in [0.2, 0.25) is 0 Å². The molecule has 2 N–H and O–H groups in total. The van der Waals surface area contributed by atoms with Gasteiger partial charge in [0, 0.05) is 56.3 Å². The second-order valence-corrected chi connectivity index (χ2v) is 7.47. The highest BCUT2D eigenvalue weighted by Gasteiger charge is 2.30. The molecule has 0 atom stereocenters. The number of hydrogen-bond donors (Lipinski definition) is 1. The molecule has 0 bridgehead atoms. The van der Waals surface area contributed by atoms with Crippen molar-refractivity contribution in [2.75, 3.05) is 25.1 Å². The van der Waals surface area contributed by atoms with Crippen molar-refractivity contribution in [2.45, 2.75) is 50.2 Å². The van der Waals surface area contributed by atoms with Gasteiger partial charge in [-0.15, -0.1) is 24.8 Å². The molecule has 3 heterocycles. The van der Waals surface area contributed by atoms with Crippen LogP contribution in [0.25, 0.3) is 0 Å². The summed E-state index contributed by atoms with van der Waals surface area (Å²) in [5.74, 6) is 2.89. The molecule has 1 aliphatic heterocycles. The van der Waals surface area contributed by atoms with Crippen molar-refractivity contribution in [3.63, 3.8) is 0 Å². The molecule has 0 unspecified atom stereocenters. The van der Waals surface area contributed by atoms with Gasteiger partial charge in [0.2, 0.25) is 0 Å². The number of aromatic nitrogens is 3. The molecule has 0 spiro atoms. The van der Waals surface area contributed by atoms with Crippen LogP contribution in [0.1, 0.15) is 54.6 Å². The minimum Gasteiger partial charge on any atom is -0.377 e. The molecular formula is C20H29Cl2N5O. The van der Waals surface area contributed by atoms with Crippen LogP contribution in [0, 0.1) is 0 Å². The van der Waals surface area contributed by atoms with Gasteiger partial charge in [0.15, 0.2) is 5.82 Å². The van der Waals surface area contributed by atoms with Crippen molar-refractivity contribution in [3.05, 3.63) is 47.7 Å². The van der Waals surface area contributed by atoms with Gasteiger partial charge in [-0.25, -0.2) is 9.97 Å². The zero-order valence-corrected chi connectivity index (χ0v) is 17.8. The summed E-state index contributed by atoms with van der Waals surface area (Å²) in [5, 5.41) is 0. The number of rotatable bonds is 5. The Balaban J connectivity index is 0.00000140. The van der Waals surface area contributed by atoms with E-state index in [-0.39, 0.29) is 24.8 Å². The molecule has 4 rings (SSSR count). The Labute approximate surface area is 179 Å². The molecule has 0 radical (unpaired) electrons. The molecule has 2 fully saturated rings. The van der Waals surface area contributed by atoms with Gasteiger partial charge in [0.25, 0.3) is 0 Å². The zero-order chi connectivity index (χ0) is 17.9. The predicted molar refractivity (Wildman–Crippen MR) is 116 cm³/mol. The topological polar surface area (TPSA) is 77.2 Å². The summed E-state index contributed by atoms with van der Waals surface area (Å²) in [6, 6.07) is 6.77. The Morgan fingerprint density at radius 2 is 1.75 bits per heavy atom. The number of methoxy groups -OCH3 is 1. The molecule has 2 aromatic rings. The number of ether oxygens (including phenoxy) is 1. The summed E-state index contributed by atoms with van der Waals surface area (Å²) < 4.78 is 5.28. The normalized spacial score (nSPS) is 22.0. The third kappa shape index (κ3) is 5.11. The summed E-state index contributed by atoms with van der Waals surface area (Å²) in [5.41, 5.74) is 8.49. The molecule has 2 aromatic heterocycles. The Bertz CT molecular complexity index is 735. The maximum absolute atomic E-state index is 5.97. The van der Waals surface area contributed by atoms with E-state index in [2.05, 4.69) is 28.1 Å². The van der Waals surface area contributed by atoms with Gasteiger partial charge in [-0.3, -0.25) is 4.98 Å². The first-order valence-electron chi connectivity index (χ1n) is 9.50. The first-order valence-corrected chi connectivity index (χ1v) is 9.50. The molecule has 1 saturated carbocycles. The van der Waals surface area contributed by atoms with Crippen LogP contribution in [0.5, 0.6) is 0 Å². The third-order valence-corrected chi connectivity index (χ3v) is 5.64. The van der Waals surface area contributed by atoms with E-state index in [0.717, 1.165) is 56.1 Å². The molecule has 1 aliphatic carbocycles. The van der Waals surface area contributed by atoms with Crippen molar-refractivity contribution in [1.29, 1.82) is 0 Å². The highest BCUT2D eigenvalue weighted by molar-refractivity contribution is 5.85. The van der Waals surface area contributed by atoms with Crippen LogP contribution < -0.4 is 10.6 Å². The Hall–Kier alpha value is -1.47. The lowest BCUT2D eigenvalue weighted by Crippen LogP contribution is -2.36. The highest BCUT2D eigenvalue weighted by Crippen LogP contribution is 2.36. The monoisotopic (exact) mass is 425 g/mol. The first kappa shape index (κ1) is 22.8. The average molecular weight is 426 g/mol. The molecule has 8 heteroatoms. The Morgan fingerprint density at radius 3 is 2.36 bits per heavy atom. The number of pyridine rings is 1. The van der Waals surface area contributed by atoms with Crippen LogP contribution in [0.4, 0.5) is 5.82 Å². The molecular weight excluding hydrogens is 397 g/mol. The van der Waals surface area contributed by atoms with Crippen LogP contribution in [0.15, 0.2) is 30.6 Å². The molecule has 28 heavy (non-hydrogen) atoms. The number of anilines is 1. The lowest BCUT2D eigenvalue weighted by Gasteiger charge is -2.35. The summed E-state index contributed by atoms with van der Waals surface area (Å²) >= 11 is 0. The fourth-order valence-electron chi connectivity index (χ4n) is 4.05. The van der Waals surface area contributed by atoms with Gasteiger partial charge < -0.3 is 15.4 Å². The Kier molecular flexibility index (Phi) is 8.43. The van der Waals surface area contributed by atoms with Crippen LogP contribution >= 0.6 is 24.8 Å². The molecule has 154 valence electrons. The van der Waals surface area contributed by atoms with Crippen molar-refractivity contribution < 1.29 is 4.74 Å². The van der Waals surface area contributed by atoms with Gasteiger partial charge in [-0.05, 0) is 49.3 Å². The number of nitrogens with two attached hydrogens (primary N) is 1. The molecule has 1 saturated heterocycles. The van der Waals surface area contributed by atoms with E-state index in [1.165, 1.54) is 5.56 Å². The van der Waals surface area contributed by atoms with E-state index in [1.807, 2.05) is 12.4 Å². The second kappa shape index (κ2) is 10.3. The molecule has 0 aromatic carbocycles. The second-order valence-electron chi connectivity index (χ2n) is 7.47. The standard InChI is InChI=1S/C20H27N5O.2ClH/c1-26-13-19-23-18(16-10-17(21)11-16)12-20(24-19)25-8-4-15(5-9-25)14-2-6-22-7-3-14;;/h2-3,6-7,12,15-17H,4-5,8-11,13,21H2,1H3;2*1H. The van der Waals surface area contributed by atoms with Gasteiger partial charge in [0.05, 0.1) is 0 Å². The van der Waals surface area contributed by atoms with E-state index < -0.39 is 0 Å². The lowest BCUT2D eigenvalue weighted by molar-refractivity contribution is 0.177. The average Bonchev–Trinajstić information content (AvgIpc) is 2.66. The number of hydrogen-bond acceptors (Lipinski definition) is 6. The number of piperidine rings is 1. The number of halogens is 2. The fraction of sp³-hybridized carbons (Fsp3) is 0.550. The summed E-state index contributed by atoms with van der Waals surface area (Å²) in [4.78, 5) is 16.0. The lowest BCUT2D eigenvalue weighted by atomic mass is 9.78. The van der Waals surface area contributed by atoms with E-state index in [4.69, 9.17) is 20.4 Å². The minimum atomic E-state index is 0. The van der Waals surface area contributed by atoms with Gasteiger partial charge >= 0.3 is 0 Å². The van der Waals surface area contributed by atoms with Crippen LogP contribution in [0.3, 0.4) is 0 Å². The van der Waals surface area contributed by atoms with Crippen molar-refractivity contribution in [3.8, 4) is 0 Å². The quantitative estimate of drug-likeness (QED) is 0.789. The van der Waals surface area contributed by atoms with Crippen LogP contribution in [-0.2, 0) is 11.3 Å². The zero-order valence-electron chi connectivity index (χ0n) is 16.2. The van der Waals surface area contributed by atoms with Crippen molar-refractivity contribution >= 4 is 30.6 Å². The maximum Gasteiger partial charge on any atom is 0.156 e. The van der Waals surface area contributed by atoms with Gasteiger partial charge in [0.1, 0.15) is 12.4 Å². The summed E-state index contributed by atoms with van der Waals surface area (Å²) in [6.45, 7) is 2.48. The summed E-state index contributed by atoms with van der Waals surface area (Å²) in [6.07, 6.45) is 8.09. The van der Waals surface area contributed by atoms with E-state index in [9.17, 15) is 0 Å². The molecule has 2 aliphatic rings. The SMILES string of the molecule is COCc1nc(C2CC(N)C2)cc(N2CCC(c3ccncc3)CC2)n1.Cl.Cl. The minimum absolute atomic E-state index is 0. The highest BCUT2D eigenvalue weighted by atomic mass is 35.5. The van der Waals surface area contributed by atoms with Gasteiger partial charge in [-0.1, -0.05) is 0 Å². The van der Waals surface area contributed by atoms with Crippen LogP contribution in [-0.4, -0.2) is 41.2 Å². The van der Waals surface area contributed by atoms with E-state index in [1.54, 1.807) is 7.11 Å². The largest absolute Gasteiger partial charge is 0.377 e. The maximum atomic E-state index is 5.97. The van der Waals surface area contributed by atoms with E-state index in [0.29, 0.717) is 24.5 Å². The third-order valence-electron chi connectivity index (χ3n) is 5.64. The van der Waals surface area contributed by atoms with E-state index >= 15 is 0 Å². The fourth-order valence-corrected chi connectivity index (χ4v) is 4.05. The number of nitrogens with zero attached hydrogens (tertiary/aromatic N) is 4. The van der Waals surface area contributed by atoms with Gasteiger partial charge in [-0.2, -0.15) is 0 Å². The first-order chi connectivity index (χ1) is 12.7. The Morgan fingerprint density at radius 1 is 1.07 bits per heavy atom. The summed E-state index contributed by atoms with van der Waals surface area (Å²) in [7, 11) is 1.69. The van der Waals surface area contributed by atoms with Crippen molar-refractivity contribution in [1.82, 2.24) is 15.0 Å².